The summed E-state index contributed by atoms with van der Waals surface area (Å²) in [4.78, 5) is 6.18. The van der Waals surface area contributed by atoms with E-state index in [2.05, 4.69) is 105 Å². The second-order valence-corrected chi connectivity index (χ2v) is 10.5. The fourth-order valence-electron chi connectivity index (χ4n) is 5.98. The molecule has 1 aliphatic rings. The normalized spacial score (nSPS) is 18.0. The molecule has 0 atom stereocenters. The van der Waals surface area contributed by atoms with E-state index in [4.69, 9.17) is 0 Å². The van der Waals surface area contributed by atoms with Gasteiger partial charge in [-0.1, -0.05) is 60.7 Å². The summed E-state index contributed by atoms with van der Waals surface area (Å²) in [5.74, 6) is 0.803. The highest BCUT2D eigenvalue weighted by Crippen LogP contribution is 2.33. The van der Waals surface area contributed by atoms with Crippen LogP contribution in [-0.2, 0) is 19.5 Å². The van der Waals surface area contributed by atoms with Crippen molar-refractivity contribution in [3.63, 3.8) is 0 Å². The van der Waals surface area contributed by atoms with Crippen LogP contribution < -0.4 is 0 Å². The molecule has 5 aromatic rings. The summed E-state index contributed by atoms with van der Waals surface area (Å²) in [5.41, 5.74) is 6.54. The molecule has 2 heterocycles. The number of hydrogen-bond donors (Lipinski definition) is 1. The number of fused-ring (bicyclic) bond motifs is 1. The van der Waals surface area contributed by atoms with Gasteiger partial charge in [0.15, 0.2) is 0 Å². The SMILES string of the molecule is c1ccc(CN(Cc2ccccc2)C2CCC(CCc3c[nH]c4ccc(-n5cnnc5)cc34)CC2)cc1. The molecule has 5 nitrogen and oxygen atoms in total. The first-order valence-electron chi connectivity index (χ1n) is 13.6. The number of aryl methyl sites for hydroxylation is 1. The number of H-pyrrole nitrogens is 1. The fraction of sp³-hybridized carbons (Fsp3) is 0.312. The average Bonchev–Trinajstić information content (AvgIpc) is 3.63. The largest absolute Gasteiger partial charge is 0.361 e. The summed E-state index contributed by atoms with van der Waals surface area (Å²) < 4.78 is 1.97. The van der Waals surface area contributed by atoms with E-state index in [-0.39, 0.29) is 0 Å². The van der Waals surface area contributed by atoms with E-state index in [1.54, 1.807) is 12.7 Å². The van der Waals surface area contributed by atoms with Gasteiger partial charge in [-0.15, -0.1) is 10.2 Å². The van der Waals surface area contributed by atoms with Gasteiger partial charge in [0.2, 0.25) is 0 Å². The summed E-state index contributed by atoms with van der Waals surface area (Å²) in [6.45, 7) is 2.05. The van der Waals surface area contributed by atoms with E-state index in [0.29, 0.717) is 6.04 Å². The smallest absolute Gasteiger partial charge is 0.123 e. The van der Waals surface area contributed by atoms with Gasteiger partial charge in [0.1, 0.15) is 12.7 Å². The van der Waals surface area contributed by atoms with Crippen LogP contribution in [0, 0.1) is 5.92 Å². The van der Waals surface area contributed by atoms with Gasteiger partial charge in [0.05, 0.1) is 0 Å². The molecule has 0 radical (unpaired) electrons. The third-order valence-corrected chi connectivity index (χ3v) is 8.08. The average molecular weight is 490 g/mol. The second-order valence-electron chi connectivity index (χ2n) is 10.5. The van der Waals surface area contributed by atoms with Crippen LogP contribution in [0.25, 0.3) is 16.6 Å². The Morgan fingerprint density at radius 3 is 2.08 bits per heavy atom. The molecule has 0 spiro atoms. The minimum absolute atomic E-state index is 0.649. The Bertz CT molecular complexity index is 1340. The van der Waals surface area contributed by atoms with Crippen LogP contribution in [0.4, 0.5) is 0 Å². The minimum atomic E-state index is 0.649. The molecule has 188 valence electrons. The van der Waals surface area contributed by atoms with Crippen molar-refractivity contribution >= 4 is 10.9 Å². The monoisotopic (exact) mass is 489 g/mol. The van der Waals surface area contributed by atoms with Crippen molar-refractivity contribution in [2.45, 2.75) is 57.7 Å². The van der Waals surface area contributed by atoms with Gasteiger partial charge in [0, 0.05) is 41.9 Å². The molecule has 37 heavy (non-hydrogen) atoms. The lowest BCUT2D eigenvalue weighted by Gasteiger charge is -2.37. The number of nitrogens with one attached hydrogen (secondary N) is 1. The molecule has 0 unspecified atom stereocenters. The zero-order valence-electron chi connectivity index (χ0n) is 21.3. The number of nitrogens with zero attached hydrogens (tertiary/aromatic N) is 4. The predicted octanol–water partition coefficient (Wildman–Crippen LogP) is 6.94. The zero-order valence-corrected chi connectivity index (χ0v) is 21.3. The summed E-state index contributed by atoms with van der Waals surface area (Å²) in [6, 6.07) is 29.1. The molecular weight excluding hydrogens is 454 g/mol. The van der Waals surface area contributed by atoms with Crippen LogP contribution in [-0.4, -0.2) is 30.7 Å². The fourth-order valence-corrected chi connectivity index (χ4v) is 5.98. The third kappa shape index (κ3) is 5.67. The Morgan fingerprint density at radius 1 is 0.784 bits per heavy atom. The molecule has 5 heteroatoms. The Kier molecular flexibility index (Phi) is 7.13. The minimum Gasteiger partial charge on any atom is -0.361 e. The number of aromatic amines is 1. The standard InChI is InChI=1S/C32H35N5/c1-3-7-26(8-4-1)21-36(22-27-9-5-2-6-10-27)29-15-12-25(13-16-29)11-14-28-20-33-32-18-17-30(19-31(28)32)37-23-34-35-24-37/h1-10,17-20,23-25,29,33H,11-16,21-22H2. The van der Waals surface area contributed by atoms with Crippen LogP contribution in [0.1, 0.15) is 48.8 Å². The molecule has 0 saturated heterocycles. The van der Waals surface area contributed by atoms with Gasteiger partial charge in [-0.05, 0) is 79.3 Å². The van der Waals surface area contributed by atoms with Gasteiger partial charge in [-0.3, -0.25) is 9.47 Å². The molecule has 6 rings (SSSR count). The Hall–Kier alpha value is -3.70. The van der Waals surface area contributed by atoms with E-state index in [9.17, 15) is 0 Å². The van der Waals surface area contributed by atoms with Crippen molar-refractivity contribution in [2.24, 2.45) is 5.92 Å². The highest BCUT2D eigenvalue weighted by Gasteiger charge is 2.26. The third-order valence-electron chi connectivity index (χ3n) is 8.08. The number of benzene rings is 3. The maximum Gasteiger partial charge on any atom is 0.123 e. The first kappa shape index (κ1) is 23.7. The van der Waals surface area contributed by atoms with Crippen molar-refractivity contribution in [3.05, 3.63) is 114 Å². The Morgan fingerprint density at radius 2 is 1.43 bits per heavy atom. The van der Waals surface area contributed by atoms with E-state index >= 15 is 0 Å². The van der Waals surface area contributed by atoms with E-state index in [0.717, 1.165) is 31.1 Å². The first-order valence-corrected chi connectivity index (χ1v) is 13.6. The molecule has 1 fully saturated rings. The topological polar surface area (TPSA) is 49.7 Å². The van der Waals surface area contributed by atoms with Crippen molar-refractivity contribution in [2.75, 3.05) is 0 Å². The van der Waals surface area contributed by atoms with Crippen LogP contribution in [0.5, 0.6) is 0 Å². The van der Waals surface area contributed by atoms with Crippen LogP contribution >= 0.6 is 0 Å². The lowest BCUT2D eigenvalue weighted by molar-refractivity contribution is 0.119. The second kappa shape index (κ2) is 11.1. The number of hydrogen-bond acceptors (Lipinski definition) is 3. The quantitative estimate of drug-likeness (QED) is 0.244. The lowest BCUT2D eigenvalue weighted by atomic mass is 9.82. The molecule has 0 bridgehead atoms. The summed E-state index contributed by atoms with van der Waals surface area (Å²) in [6.07, 6.45) is 13.3. The van der Waals surface area contributed by atoms with Gasteiger partial charge >= 0.3 is 0 Å². The highest BCUT2D eigenvalue weighted by molar-refractivity contribution is 5.85. The Balaban J connectivity index is 1.08. The van der Waals surface area contributed by atoms with Crippen LogP contribution in [0.15, 0.2) is 97.7 Å². The summed E-state index contributed by atoms with van der Waals surface area (Å²) >= 11 is 0. The molecule has 2 aromatic heterocycles. The first-order chi connectivity index (χ1) is 18.3. The van der Waals surface area contributed by atoms with Gasteiger partial charge in [0.25, 0.3) is 0 Å². The van der Waals surface area contributed by atoms with Crippen LogP contribution in [0.3, 0.4) is 0 Å². The maximum absolute atomic E-state index is 3.95. The highest BCUT2D eigenvalue weighted by atomic mass is 15.2. The van der Waals surface area contributed by atoms with Gasteiger partial charge < -0.3 is 4.98 Å². The van der Waals surface area contributed by atoms with Gasteiger partial charge in [-0.2, -0.15) is 0 Å². The van der Waals surface area contributed by atoms with Crippen molar-refractivity contribution < 1.29 is 0 Å². The molecule has 0 aliphatic heterocycles. The molecule has 0 amide bonds. The number of aromatic nitrogens is 4. The molecular formula is C32H35N5. The zero-order chi connectivity index (χ0) is 24.9. The van der Waals surface area contributed by atoms with E-state index < -0.39 is 0 Å². The summed E-state index contributed by atoms with van der Waals surface area (Å²) in [7, 11) is 0. The molecule has 1 N–H and O–H groups in total. The molecule has 3 aromatic carbocycles. The van der Waals surface area contributed by atoms with Crippen LogP contribution in [0.2, 0.25) is 0 Å². The predicted molar refractivity (Wildman–Crippen MR) is 149 cm³/mol. The lowest BCUT2D eigenvalue weighted by Crippen LogP contribution is -2.37. The van der Waals surface area contributed by atoms with Crippen molar-refractivity contribution in [1.82, 2.24) is 24.6 Å². The van der Waals surface area contributed by atoms with Gasteiger partial charge in [-0.25, -0.2) is 0 Å². The van der Waals surface area contributed by atoms with Crippen molar-refractivity contribution in [3.8, 4) is 5.69 Å². The molecule has 1 saturated carbocycles. The Labute approximate surface area is 219 Å². The molecule has 1 aliphatic carbocycles. The van der Waals surface area contributed by atoms with E-state index in [1.165, 1.54) is 59.7 Å². The van der Waals surface area contributed by atoms with Crippen molar-refractivity contribution in [1.29, 1.82) is 0 Å². The number of rotatable bonds is 9. The van der Waals surface area contributed by atoms with E-state index in [1.807, 2.05) is 4.57 Å². The summed E-state index contributed by atoms with van der Waals surface area (Å²) in [5, 5.41) is 9.22. The maximum atomic E-state index is 3.95.